The molecule has 106 valence electrons. The number of anilines is 1. The fourth-order valence-electron chi connectivity index (χ4n) is 2.04. The van der Waals surface area contributed by atoms with E-state index in [0.717, 1.165) is 25.0 Å². The second-order valence-corrected chi connectivity index (χ2v) is 6.53. The molecule has 0 aromatic heterocycles. The molecule has 1 aromatic carbocycles. The van der Waals surface area contributed by atoms with Gasteiger partial charge in [0.15, 0.2) is 11.6 Å². The summed E-state index contributed by atoms with van der Waals surface area (Å²) in [5, 5.41) is 0. The van der Waals surface area contributed by atoms with Crippen molar-refractivity contribution in [2.24, 2.45) is 5.92 Å². The van der Waals surface area contributed by atoms with E-state index in [1.54, 1.807) is 0 Å². The van der Waals surface area contributed by atoms with Crippen molar-refractivity contribution in [3.05, 3.63) is 23.8 Å². The van der Waals surface area contributed by atoms with Crippen molar-refractivity contribution in [3.8, 4) is 0 Å². The molecule has 0 saturated heterocycles. The van der Waals surface area contributed by atoms with Gasteiger partial charge in [-0.05, 0) is 24.5 Å². The SMILES string of the molecule is Nc1cc(F)c(F)c(S(=O)(=O)NCCC2CCC2)c1. The minimum absolute atomic E-state index is 0.127. The highest BCUT2D eigenvalue weighted by Crippen LogP contribution is 2.29. The number of benzene rings is 1. The van der Waals surface area contributed by atoms with E-state index < -0.39 is 26.6 Å². The molecule has 1 aliphatic rings. The number of nitrogens with one attached hydrogen (secondary N) is 1. The summed E-state index contributed by atoms with van der Waals surface area (Å²) >= 11 is 0. The number of sulfonamides is 1. The maximum absolute atomic E-state index is 13.5. The van der Waals surface area contributed by atoms with E-state index in [0.29, 0.717) is 12.3 Å². The van der Waals surface area contributed by atoms with Crippen LogP contribution in [0.25, 0.3) is 0 Å². The van der Waals surface area contributed by atoms with Gasteiger partial charge in [-0.25, -0.2) is 21.9 Å². The average molecular weight is 290 g/mol. The first kappa shape index (κ1) is 14.2. The van der Waals surface area contributed by atoms with Gasteiger partial charge in [0.1, 0.15) is 4.90 Å². The molecule has 19 heavy (non-hydrogen) atoms. The van der Waals surface area contributed by atoms with Crippen molar-refractivity contribution in [1.29, 1.82) is 0 Å². The molecule has 1 aromatic rings. The molecular weight excluding hydrogens is 274 g/mol. The molecule has 3 N–H and O–H groups in total. The lowest BCUT2D eigenvalue weighted by atomic mass is 9.83. The number of hydrogen-bond acceptors (Lipinski definition) is 3. The van der Waals surface area contributed by atoms with Crippen molar-refractivity contribution in [2.75, 3.05) is 12.3 Å². The zero-order valence-electron chi connectivity index (χ0n) is 10.3. The second kappa shape index (κ2) is 5.42. The van der Waals surface area contributed by atoms with Gasteiger partial charge >= 0.3 is 0 Å². The average Bonchev–Trinajstić information content (AvgIpc) is 2.26. The highest BCUT2D eigenvalue weighted by molar-refractivity contribution is 7.89. The molecule has 0 unspecified atom stereocenters. The third-order valence-corrected chi connectivity index (χ3v) is 4.84. The monoisotopic (exact) mass is 290 g/mol. The molecule has 1 fully saturated rings. The van der Waals surface area contributed by atoms with Gasteiger partial charge in [-0.15, -0.1) is 0 Å². The number of nitrogen functional groups attached to an aromatic ring is 1. The van der Waals surface area contributed by atoms with Crippen LogP contribution in [0.15, 0.2) is 17.0 Å². The molecule has 4 nitrogen and oxygen atoms in total. The summed E-state index contributed by atoms with van der Waals surface area (Å²) in [4.78, 5) is -0.737. The van der Waals surface area contributed by atoms with Crippen molar-refractivity contribution in [3.63, 3.8) is 0 Å². The Hall–Kier alpha value is -1.21. The van der Waals surface area contributed by atoms with E-state index in [4.69, 9.17) is 5.73 Å². The Bertz CT molecular complexity index is 571. The molecule has 0 radical (unpaired) electrons. The number of hydrogen-bond donors (Lipinski definition) is 2. The van der Waals surface area contributed by atoms with Gasteiger partial charge in [0.25, 0.3) is 0 Å². The van der Waals surface area contributed by atoms with Crippen LogP contribution in [-0.4, -0.2) is 15.0 Å². The highest BCUT2D eigenvalue weighted by atomic mass is 32.2. The Morgan fingerprint density at radius 2 is 2.00 bits per heavy atom. The van der Waals surface area contributed by atoms with E-state index >= 15 is 0 Å². The molecule has 0 heterocycles. The first-order valence-corrected chi connectivity index (χ1v) is 7.62. The van der Waals surface area contributed by atoms with E-state index in [2.05, 4.69) is 4.72 Å². The quantitative estimate of drug-likeness (QED) is 0.815. The first-order valence-electron chi connectivity index (χ1n) is 6.14. The zero-order valence-corrected chi connectivity index (χ0v) is 11.1. The highest BCUT2D eigenvalue weighted by Gasteiger charge is 2.23. The van der Waals surface area contributed by atoms with Crippen molar-refractivity contribution >= 4 is 15.7 Å². The third-order valence-electron chi connectivity index (χ3n) is 3.38. The Balaban J connectivity index is 2.09. The summed E-state index contributed by atoms with van der Waals surface area (Å²) in [5.74, 6) is -2.13. The fraction of sp³-hybridized carbons (Fsp3) is 0.500. The Morgan fingerprint density at radius 1 is 1.32 bits per heavy atom. The third kappa shape index (κ3) is 3.22. The van der Waals surface area contributed by atoms with Crippen LogP contribution in [0.4, 0.5) is 14.5 Å². The van der Waals surface area contributed by atoms with E-state index in [9.17, 15) is 17.2 Å². The molecule has 0 aliphatic heterocycles. The van der Waals surface area contributed by atoms with Crippen LogP contribution in [0.2, 0.25) is 0 Å². The molecular formula is C12H16F2N2O2S. The largest absolute Gasteiger partial charge is 0.399 e. The van der Waals surface area contributed by atoms with Crippen molar-refractivity contribution in [2.45, 2.75) is 30.6 Å². The lowest BCUT2D eigenvalue weighted by Crippen LogP contribution is -2.28. The molecule has 1 saturated carbocycles. The molecule has 0 bridgehead atoms. The summed E-state index contributed by atoms with van der Waals surface area (Å²) in [6.45, 7) is 0.225. The summed E-state index contributed by atoms with van der Waals surface area (Å²) in [5.41, 5.74) is 5.21. The minimum atomic E-state index is -4.06. The topological polar surface area (TPSA) is 72.2 Å². The van der Waals surface area contributed by atoms with Crippen molar-refractivity contribution in [1.82, 2.24) is 4.72 Å². The Kier molecular flexibility index (Phi) is 4.05. The van der Waals surface area contributed by atoms with Crippen LogP contribution in [0, 0.1) is 17.6 Å². The Morgan fingerprint density at radius 3 is 2.58 bits per heavy atom. The molecule has 0 spiro atoms. The van der Waals surface area contributed by atoms with E-state index in [-0.39, 0.29) is 12.2 Å². The summed E-state index contributed by atoms with van der Waals surface area (Å²) in [7, 11) is -4.06. The number of nitrogens with two attached hydrogens (primary N) is 1. The lowest BCUT2D eigenvalue weighted by molar-refractivity contribution is 0.297. The van der Waals surface area contributed by atoms with Gasteiger partial charge in [-0.1, -0.05) is 19.3 Å². The zero-order chi connectivity index (χ0) is 14.0. The summed E-state index contributed by atoms with van der Waals surface area (Å²) in [6, 6.07) is 1.67. The maximum atomic E-state index is 13.5. The van der Waals surface area contributed by atoms with Crippen LogP contribution in [0.5, 0.6) is 0 Å². The van der Waals surface area contributed by atoms with Gasteiger partial charge in [-0.2, -0.15) is 0 Å². The molecule has 0 atom stereocenters. The molecule has 1 aliphatic carbocycles. The number of rotatable bonds is 5. The molecule has 2 rings (SSSR count). The molecule has 7 heteroatoms. The maximum Gasteiger partial charge on any atom is 0.243 e. The van der Waals surface area contributed by atoms with Gasteiger partial charge in [0, 0.05) is 12.2 Å². The minimum Gasteiger partial charge on any atom is -0.399 e. The van der Waals surface area contributed by atoms with E-state index in [1.165, 1.54) is 6.42 Å². The van der Waals surface area contributed by atoms with Gasteiger partial charge in [-0.3, -0.25) is 0 Å². The fourth-order valence-corrected chi connectivity index (χ4v) is 3.20. The van der Waals surface area contributed by atoms with E-state index in [1.807, 2.05) is 0 Å². The first-order chi connectivity index (χ1) is 8.90. The summed E-state index contributed by atoms with van der Waals surface area (Å²) < 4.78 is 52.7. The predicted molar refractivity (Wildman–Crippen MR) is 67.9 cm³/mol. The Labute approximate surface area is 111 Å². The van der Waals surface area contributed by atoms with Gasteiger partial charge in [0.05, 0.1) is 0 Å². The normalized spacial score (nSPS) is 16.3. The second-order valence-electron chi connectivity index (χ2n) is 4.80. The summed E-state index contributed by atoms with van der Waals surface area (Å²) in [6.07, 6.45) is 4.09. The van der Waals surface area contributed by atoms with Crippen LogP contribution >= 0.6 is 0 Å². The standard InChI is InChI=1S/C12H16F2N2O2S/c13-10-6-9(15)7-11(12(10)14)19(17,18)16-5-4-8-2-1-3-8/h6-8,16H,1-5,15H2. The van der Waals surface area contributed by atoms with Crippen LogP contribution in [-0.2, 0) is 10.0 Å². The van der Waals surface area contributed by atoms with Gasteiger partial charge < -0.3 is 5.73 Å². The lowest BCUT2D eigenvalue weighted by Gasteiger charge is -2.25. The molecule has 0 amide bonds. The van der Waals surface area contributed by atoms with Gasteiger partial charge in [0.2, 0.25) is 10.0 Å². The predicted octanol–water partition coefficient (Wildman–Crippen LogP) is 2.02. The van der Waals surface area contributed by atoms with Crippen molar-refractivity contribution < 1.29 is 17.2 Å². The van der Waals surface area contributed by atoms with Crippen LogP contribution in [0.1, 0.15) is 25.7 Å². The number of halogens is 2. The van der Waals surface area contributed by atoms with Crippen LogP contribution < -0.4 is 10.5 Å². The smallest absolute Gasteiger partial charge is 0.243 e. The van der Waals surface area contributed by atoms with Crippen LogP contribution in [0.3, 0.4) is 0 Å².